The van der Waals surface area contributed by atoms with Gasteiger partial charge in [0.2, 0.25) is 5.91 Å². The normalized spacial score (nSPS) is 15.4. The number of nitrogens with one attached hydrogen (secondary N) is 1. The molecule has 2 aromatic carbocycles. The first kappa shape index (κ1) is 19.1. The number of rotatable bonds is 7. The van der Waals surface area contributed by atoms with E-state index < -0.39 is 5.91 Å². The van der Waals surface area contributed by atoms with Gasteiger partial charge in [-0.2, -0.15) is 0 Å². The molecule has 0 unspecified atom stereocenters. The monoisotopic (exact) mass is 366 g/mol. The number of hydrogen-bond donors (Lipinski definition) is 2. The molecule has 6 heteroatoms. The molecule has 3 N–H and O–H groups in total. The van der Waals surface area contributed by atoms with Gasteiger partial charge in [0.05, 0.1) is 17.8 Å². The van der Waals surface area contributed by atoms with Crippen molar-refractivity contribution in [1.82, 2.24) is 9.80 Å². The van der Waals surface area contributed by atoms with Crippen molar-refractivity contribution < 1.29 is 9.59 Å². The summed E-state index contributed by atoms with van der Waals surface area (Å²) in [5.74, 6) is -0.667. The van der Waals surface area contributed by atoms with E-state index >= 15 is 0 Å². The first-order chi connectivity index (χ1) is 13.1. The predicted octanol–water partition coefficient (Wildman–Crippen LogP) is 1.58. The Hall–Kier alpha value is -2.70. The number of primary amides is 1. The highest BCUT2D eigenvalue weighted by atomic mass is 16.2. The summed E-state index contributed by atoms with van der Waals surface area (Å²) >= 11 is 0. The third-order valence-electron chi connectivity index (χ3n) is 4.86. The van der Waals surface area contributed by atoms with Gasteiger partial charge in [0, 0.05) is 32.7 Å². The van der Waals surface area contributed by atoms with Gasteiger partial charge in [-0.25, -0.2) is 0 Å². The molecule has 0 aromatic heterocycles. The second-order valence-corrected chi connectivity index (χ2v) is 6.81. The van der Waals surface area contributed by atoms with Crippen LogP contribution in [0.1, 0.15) is 15.9 Å². The number of nitrogens with two attached hydrogens (primary N) is 1. The summed E-state index contributed by atoms with van der Waals surface area (Å²) < 4.78 is 0. The summed E-state index contributed by atoms with van der Waals surface area (Å²) in [4.78, 5) is 28.4. The Morgan fingerprint density at radius 3 is 2.22 bits per heavy atom. The Morgan fingerprint density at radius 2 is 1.52 bits per heavy atom. The lowest BCUT2D eigenvalue weighted by Crippen LogP contribution is -2.49. The predicted molar refractivity (Wildman–Crippen MR) is 107 cm³/mol. The van der Waals surface area contributed by atoms with Crippen molar-refractivity contribution in [2.45, 2.75) is 6.42 Å². The van der Waals surface area contributed by atoms with Crippen LogP contribution in [0.4, 0.5) is 5.69 Å². The average molecular weight is 366 g/mol. The molecule has 0 spiro atoms. The zero-order valence-corrected chi connectivity index (χ0v) is 15.4. The lowest BCUT2D eigenvalue weighted by atomic mass is 10.1. The van der Waals surface area contributed by atoms with Crippen LogP contribution in [-0.2, 0) is 11.2 Å². The fraction of sp³-hybridized carbons (Fsp3) is 0.333. The minimum absolute atomic E-state index is 0.124. The van der Waals surface area contributed by atoms with Crippen LogP contribution in [0, 0.1) is 0 Å². The quantitative estimate of drug-likeness (QED) is 0.780. The van der Waals surface area contributed by atoms with E-state index in [0.29, 0.717) is 17.8 Å². The molecule has 1 fully saturated rings. The number of para-hydroxylation sites is 1. The van der Waals surface area contributed by atoms with E-state index in [-0.39, 0.29) is 5.91 Å². The maximum Gasteiger partial charge on any atom is 0.250 e. The minimum atomic E-state index is -0.544. The molecule has 142 valence electrons. The molecular weight excluding hydrogens is 340 g/mol. The molecule has 2 aromatic rings. The fourth-order valence-electron chi connectivity index (χ4n) is 3.30. The highest BCUT2D eigenvalue weighted by molar-refractivity contribution is 6.03. The van der Waals surface area contributed by atoms with Gasteiger partial charge in [0.1, 0.15) is 0 Å². The van der Waals surface area contributed by atoms with Crippen LogP contribution in [0.2, 0.25) is 0 Å². The number of hydrogen-bond acceptors (Lipinski definition) is 4. The highest BCUT2D eigenvalue weighted by Gasteiger charge is 2.19. The molecule has 0 aliphatic carbocycles. The zero-order valence-electron chi connectivity index (χ0n) is 15.4. The van der Waals surface area contributed by atoms with Gasteiger partial charge in [-0.15, -0.1) is 0 Å². The summed E-state index contributed by atoms with van der Waals surface area (Å²) in [7, 11) is 0. The van der Waals surface area contributed by atoms with Gasteiger partial charge >= 0.3 is 0 Å². The summed E-state index contributed by atoms with van der Waals surface area (Å²) in [5, 5.41) is 2.80. The van der Waals surface area contributed by atoms with Crippen LogP contribution in [0.5, 0.6) is 0 Å². The van der Waals surface area contributed by atoms with Gasteiger partial charge in [-0.3, -0.25) is 14.5 Å². The van der Waals surface area contributed by atoms with Crippen molar-refractivity contribution in [1.29, 1.82) is 0 Å². The summed E-state index contributed by atoms with van der Waals surface area (Å²) in [5.41, 5.74) is 7.51. The number of nitrogens with zero attached hydrogens (tertiary/aromatic N) is 2. The van der Waals surface area contributed by atoms with Gasteiger partial charge < -0.3 is 16.0 Å². The standard InChI is InChI=1S/C21H26N4O2/c22-21(27)18-8-4-5-9-19(18)23-20(26)16-25-14-12-24(13-15-25)11-10-17-6-2-1-3-7-17/h1-9H,10-16H2,(H2,22,27)(H,23,26). The van der Waals surface area contributed by atoms with Crippen LogP contribution in [0.25, 0.3) is 0 Å². The van der Waals surface area contributed by atoms with Crippen molar-refractivity contribution in [2.75, 3.05) is 44.6 Å². The largest absolute Gasteiger partial charge is 0.366 e. The van der Waals surface area contributed by atoms with E-state index in [2.05, 4.69) is 39.4 Å². The van der Waals surface area contributed by atoms with Crippen LogP contribution in [0.15, 0.2) is 54.6 Å². The number of amides is 2. The van der Waals surface area contributed by atoms with Crippen LogP contribution in [-0.4, -0.2) is 60.9 Å². The van der Waals surface area contributed by atoms with E-state index in [1.165, 1.54) is 5.56 Å². The topological polar surface area (TPSA) is 78.7 Å². The first-order valence-electron chi connectivity index (χ1n) is 9.29. The Balaban J connectivity index is 1.42. The lowest BCUT2D eigenvalue weighted by Gasteiger charge is -2.34. The van der Waals surface area contributed by atoms with Gasteiger partial charge in [-0.05, 0) is 24.1 Å². The van der Waals surface area contributed by atoms with E-state index in [1.807, 2.05) is 6.07 Å². The molecule has 0 saturated carbocycles. The van der Waals surface area contributed by atoms with E-state index in [9.17, 15) is 9.59 Å². The van der Waals surface area contributed by atoms with E-state index in [1.54, 1.807) is 24.3 Å². The maximum absolute atomic E-state index is 12.3. The van der Waals surface area contributed by atoms with Gasteiger partial charge in [-0.1, -0.05) is 42.5 Å². The molecule has 0 bridgehead atoms. The Labute approximate surface area is 159 Å². The zero-order chi connectivity index (χ0) is 19.1. The number of anilines is 1. The molecule has 1 saturated heterocycles. The second-order valence-electron chi connectivity index (χ2n) is 6.81. The lowest BCUT2D eigenvalue weighted by molar-refractivity contribution is -0.117. The van der Waals surface area contributed by atoms with Crippen molar-refractivity contribution in [3.8, 4) is 0 Å². The Morgan fingerprint density at radius 1 is 0.889 bits per heavy atom. The molecule has 1 heterocycles. The third kappa shape index (κ3) is 5.64. The van der Waals surface area contributed by atoms with Crippen molar-refractivity contribution in [3.05, 3.63) is 65.7 Å². The molecule has 1 aliphatic rings. The van der Waals surface area contributed by atoms with Crippen LogP contribution >= 0.6 is 0 Å². The molecule has 1 aliphatic heterocycles. The first-order valence-corrected chi connectivity index (χ1v) is 9.29. The van der Waals surface area contributed by atoms with Crippen LogP contribution in [0.3, 0.4) is 0 Å². The Kier molecular flexibility index (Phi) is 6.57. The molecule has 3 rings (SSSR count). The average Bonchev–Trinajstić information content (AvgIpc) is 2.68. The molecule has 2 amide bonds. The SMILES string of the molecule is NC(=O)c1ccccc1NC(=O)CN1CCN(CCc2ccccc2)CC1. The van der Waals surface area contributed by atoms with Gasteiger partial charge in [0.15, 0.2) is 0 Å². The Bertz CT molecular complexity index is 771. The van der Waals surface area contributed by atoms with Gasteiger partial charge in [0.25, 0.3) is 5.91 Å². The fourth-order valence-corrected chi connectivity index (χ4v) is 3.30. The molecular formula is C21H26N4O2. The number of carbonyl (C=O) groups excluding carboxylic acids is 2. The van der Waals surface area contributed by atoms with Crippen molar-refractivity contribution in [2.24, 2.45) is 5.73 Å². The summed E-state index contributed by atoms with van der Waals surface area (Å²) in [6.07, 6.45) is 1.05. The molecule has 27 heavy (non-hydrogen) atoms. The van der Waals surface area contributed by atoms with E-state index in [4.69, 9.17) is 5.73 Å². The van der Waals surface area contributed by atoms with Crippen LogP contribution < -0.4 is 11.1 Å². The highest BCUT2D eigenvalue weighted by Crippen LogP contribution is 2.14. The number of carbonyl (C=O) groups is 2. The minimum Gasteiger partial charge on any atom is -0.366 e. The smallest absolute Gasteiger partial charge is 0.250 e. The summed E-state index contributed by atoms with van der Waals surface area (Å²) in [6.45, 7) is 4.99. The third-order valence-corrected chi connectivity index (χ3v) is 4.86. The molecule has 0 atom stereocenters. The maximum atomic E-state index is 12.3. The second kappa shape index (κ2) is 9.30. The number of piperazine rings is 1. The molecule has 0 radical (unpaired) electrons. The summed E-state index contributed by atoms with van der Waals surface area (Å²) in [6, 6.07) is 17.3. The van der Waals surface area contributed by atoms with Crippen molar-refractivity contribution in [3.63, 3.8) is 0 Å². The number of benzene rings is 2. The molecule has 6 nitrogen and oxygen atoms in total. The van der Waals surface area contributed by atoms with Crippen molar-refractivity contribution >= 4 is 17.5 Å². The van der Waals surface area contributed by atoms with E-state index in [0.717, 1.165) is 39.1 Å².